The van der Waals surface area contributed by atoms with Crippen LogP contribution in [0.15, 0.2) is 71.6 Å². The topological polar surface area (TPSA) is 75.7 Å². The monoisotopic (exact) mass is 456 g/mol. The Morgan fingerprint density at radius 2 is 1.72 bits per heavy atom. The first-order valence-electron chi connectivity index (χ1n) is 9.96. The highest BCUT2D eigenvalue weighted by Gasteiger charge is 2.16. The molecule has 0 aliphatic rings. The van der Waals surface area contributed by atoms with Crippen molar-refractivity contribution in [1.82, 2.24) is 4.90 Å². The van der Waals surface area contributed by atoms with E-state index in [1.54, 1.807) is 31.3 Å². The summed E-state index contributed by atoms with van der Waals surface area (Å²) in [5.41, 5.74) is 2.70. The summed E-state index contributed by atoms with van der Waals surface area (Å²) >= 11 is 0. The summed E-state index contributed by atoms with van der Waals surface area (Å²) in [5.74, 6) is -0.357. The smallest absolute Gasteiger partial charge is 0.261 e. The molecule has 0 aromatic heterocycles. The molecule has 0 saturated carbocycles. The van der Waals surface area contributed by atoms with Gasteiger partial charge in [-0.15, -0.1) is 0 Å². The standard InChI is InChI=1S/C24H25FN2O4S/c1-17-8-9-18(2)23(14-17)26-32(29,30)21-12-10-20(11-13-21)31-16-24(28)27(3)15-19-6-4-5-7-22(19)25/h4-14,26H,15-16H2,1-3H3. The van der Waals surface area contributed by atoms with Gasteiger partial charge < -0.3 is 9.64 Å². The minimum absolute atomic E-state index is 0.0775. The van der Waals surface area contributed by atoms with E-state index in [2.05, 4.69) is 4.72 Å². The molecule has 3 aromatic rings. The fraction of sp³-hybridized carbons (Fsp3) is 0.208. The number of hydrogen-bond donors (Lipinski definition) is 1. The molecular weight excluding hydrogens is 431 g/mol. The minimum Gasteiger partial charge on any atom is -0.484 e. The van der Waals surface area contributed by atoms with Crippen LogP contribution < -0.4 is 9.46 Å². The zero-order valence-electron chi connectivity index (χ0n) is 18.1. The number of nitrogens with zero attached hydrogens (tertiary/aromatic N) is 1. The number of anilines is 1. The SMILES string of the molecule is Cc1ccc(C)c(NS(=O)(=O)c2ccc(OCC(=O)N(C)Cc3ccccc3F)cc2)c1. The van der Waals surface area contributed by atoms with Crippen LogP contribution in [0.4, 0.5) is 10.1 Å². The van der Waals surface area contributed by atoms with Gasteiger partial charge in [0.25, 0.3) is 15.9 Å². The maximum Gasteiger partial charge on any atom is 0.261 e. The molecule has 1 N–H and O–H groups in total. The highest BCUT2D eigenvalue weighted by Crippen LogP contribution is 2.22. The lowest BCUT2D eigenvalue weighted by atomic mass is 10.1. The van der Waals surface area contributed by atoms with Gasteiger partial charge in [-0.05, 0) is 61.4 Å². The molecule has 0 aliphatic carbocycles. The fourth-order valence-corrected chi connectivity index (χ4v) is 4.11. The average molecular weight is 457 g/mol. The summed E-state index contributed by atoms with van der Waals surface area (Å²) in [7, 11) is -2.21. The molecule has 0 saturated heterocycles. The van der Waals surface area contributed by atoms with Gasteiger partial charge in [0.15, 0.2) is 6.61 Å². The highest BCUT2D eigenvalue weighted by molar-refractivity contribution is 7.92. The van der Waals surface area contributed by atoms with Crippen LogP contribution in [-0.2, 0) is 21.4 Å². The molecule has 168 valence electrons. The molecule has 8 heteroatoms. The van der Waals surface area contributed by atoms with Gasteiger partial charge in [0.1, 0.15) is 11.6 Å². The molecule has 6 nitrogen and oxygen atoms in total. The predicted octanol–water partition coefficient (Wildman–Crippen LogP) is 4.28. The van der Waals surface area contributed by atoms with Crippen LogP contribution in [-0.4, -0.2) is 32.9 Å². The molecule has 0 aliphatic heterocycles. The number of hydrogen-bond acceptors (Lipinski definition) is 4. The van der Waals surface area contributed by atoms with Crippen LogP contribution in [0.1, 0.15) is 16.7 Å². The van der Waals surface area contributed by atoms with Crippen LogP contribution in [0.3, 0.4) is 0 Å². The largest absolute Gasteiger partial charge is 0.484 e. The number of ether oxygens (including phenoxy) is 1. The Bertz CT molecular complexity index is 1210. The lowest BCUT2D eigenvalue weighted by molar-refractivity contribution is -0.132. The first-order valence-corrected chi connectivity index (χ1v) is 11.4. The number of likely N-dealkylation sites (N-methyl/N-ethyl adjacent to an activating group) is 1. The summed E-state index contributed by atoms with van der Waals surface area (Å²) in [5, 5.41) is 0. The summed E-state index contributed by atoms with van der Waals surface area (Å²) in [6.45, 7) is 3.58. The third-order valence-corrected chi connectivity index (χ3v) is 6.31. The summed E-state index contributed by atoms with van der Waals surface area (Å²) < 4.78 is 47.2. The van der Waals surface area contributed by atoms with Crippen LogP contribution in [0.5, 0.6) is 5.75 Å². The van der Waals surface area contributed by atoms with Crippen LogP contribution in [0.25, 0.3) is 0 Å². The number of aryl methyl sites for hydroxylation is 2. The van der Waals surface area contributed by atoms with Gasteiger partial charge in [0.05, 0.1) is 10.6 Å². The van der Waals surface area contributed by atoms with Crippen LogP contribution in [0.2, 0.25) is 0 Å². The molecule has 0 radical (unpaired) electrons. The highest BCUT2D eigenvalue weighted by atomic mass is 32.2. The van der Waals surface area contributed by atoms with E-state index in [4.69, 9.17) is 4.74 Å². The van der Waals surface area contributed by atoms with Crippen molar-refractivity contribution in [3.05, 3.63) is 89.2 Å². The number of carbonyl (C=O) groups is 1. The van der Waals surface area contributed by atoms with Crippen LogP contribution in [0, 0.1) is 19.7 Å². The number of carbonyl (C=O) groups excluding carboxylic acids is 1. The van der Waals surface area contributed by atoms with Gasteiger partial charge in [-0.1, -0.05) is 30.3 Å². The zero-order chi connectivity index (χ0) is 23.3. The van der Waals surface area contributed by atoms with E-state index < -0.39 is 10.0 Å². The van der Waals surface area contributed by atoms with Crippen molar-refractivity contribution in [1.29, 1.82) is 0 Å². The van der Waals surface area contributed by atoms with E-state index in [1.165, 1.54) is 35.2 Å². The molecule has 3 rings (SSSR count). The molecule has 0 heterocycles. The number of amides is 1. The van der Waals surface area contributed by atoms with E-state index in [1.807, 2.05) is 26.0 Å². The van der Waals surface area contributed by atoms with Gasteiger partial charge in [-0.2, -0.15) is 0 Å². The molecule has 3 aromatic carbocycles. The Balaban J connectivity index is 1.60. The maximum absolute atomic E-state index is 13.8. The minimum atomic E-state index is -3.77. The molecule has 0 fully saturated rings. The third kappa shape index (κ3) is 5.85. The summed E-state index contributed by atoms with van der Waals surface area (Å²) in [4.78, 5) is 13.7. The molecule has 0 unspecified atom stereocenters. The summed E-state index contributed by atoms with van der Waals surface area (Å²) in [6.07, 6.45) is 0. The van der Waals surface area contributed by atoms with Gasteiger partial charge in [0.2, 0.25) is 0 Å². The van der Waals surface area contributed by atoms with Crippen molar-refractivity contribution in [2.24, 2.45) is 0 Å². The number of nitrogens with one attached hydrogen (secondary N) is 1. The Morgan fingerprint density at radius 1 is 1.03 bits per heavy atom. The van der Waals surface area contributed by atoms with Gasteiger partial charge in [0, 0.05) is 19.2 Å². The van der Waals surface area contributed by atoms with Crippen LogP contribution >= 0.6 is 0 Å². The van der Waals surface area contributed by atoms with Crippen molar-refractivity contribution < 1.29 is 22.3 Å². The molecule has 32 heavy (non-hydrogen) atoms. The Labute approximate surface area is 187 Å². The Morgan fingerprint density at radius 3 is 2.41 bits per heavy atom. The van der Waals surface area contributed by atoms with E-state index >= 15 is 0 Å². The summed E-state index contributed by atoms with van der Waals surface area (Å²) in [6, 6.07) is 17.6. The number of rotatable bonds is 8. The van der Waals surface area contributed by atoms with Crippen molar-refractivity contribution in [2.45, 2.75) is 25.3 Å². The number of benzene rings is 3. The molecule has 0 atom stereocenters. The zero-order valence-corrected chi connectivity index (χ0v) is 18.9. The second-order valence-electron chi connectivity index (χ2n) is 7.53. The Kier molecular flexibility index (Phi) is 7.15. The van der Waals surface area contributed by atoms with Crippen molar-refractivity contribution in [2.75, 3.05) is 18.4 Å². The second-order valence-corrected chi connectivity index (χ2v) is 9.21. The van der Waals surface area contributed by atoms with Crippen molar-refractivity contribution in [3.8, 4) is 5.75 Å². The Hall–Kier alpha value is -3.39. The fourth-order valence-electron chi connectivity index (χ4n) is 2.99. The number of sulfonamides is 1. The molecule has 0 spiro atoms. The van der Waals surface area contributed by atoms with Gasteiger partial charge in [-0.3, -0.25) is 9.52 Å². The lowest BCUT2D eigenvalue weighted by Crippen LogP contribution is -2.31. The first-order chi connectivity index (χ1) is 15.2. The lowest BCUT2D eigenvalue weighted by Gasteiger charge is -2.18. The van der Waals surface area contributed by atoms with E-state index in [0.29, 0.717) is 17.0 Å². The third-order valence-electron chi connectivity index (χ3n) is 4.92. The normalized spacial score (nSPS) is 11.1. The number of halogens is 1. The molecular formula is C24H25FN2O4S. The van der Waals surface area contributed by atoms with E-state index in [-0.39, 0.29) is 29.8 Å². The molecule has 1 amide bonds. The maximum atomic E-state index is 13.8. The predicted molar refractivity (Wildman–Crippen MR) is 122 cm³/mol. The quantitative estimate of drug-likeness (QED) is 0.549. The van der Waals surface area contributed by atoms with Gasteiger partial charge >= 0.3 is 0 Å². The second kappa shape index (κ2) is 9.82. The van der Waals surface area contributed by atoms with Crippen molar-refractivity contribution in [3.63, 3.8) is 0 Å². The molecule has 0 bridgehead atoms. The first kappa shape index (κ1) is 23.3. The van der Waals surface area contributed by atoms with Gasteiger partial charge in [-0.25, -0.2) is 12.8 Å². The average Bonchev–Trinajstić information content (AvgIpc) is 2.76. The van der Waals surface area contributed by atoms with E-state index in [9.17, 15) is 17.6 Å². The van der Waals surface area contributed by atoms with E-state index in [0.717, 1.165) is 11.1 Å². The van der Waals surface area contributed by atoms with Crippen molar-refractivity contribution >= 4 is 21.6 Å².